The highest BCUT2D eigenvalue weighted by Gasteiger charge is 2.30. The van der Waals surface area contributed by atoms with Crippen LogP contribution in [0.25, 0.3) is 0 Å². The Hall–Kier alpha value is -1.19. The van der Waals surface area contributed by atoms with Gasteiger partial charge in [-0.15, -0.1) is 0 Å². The number of benzene rings is 1. The van der Waals surface area contributed by atoms with E-state index in [2.05, 4.69) is 4.90 Å². The van der Waals surface area contributed by atoms with Crippen molar-refractivity contribution in [3.8, 4) is 5.75 Å². The van der Waals surface area contributed by atoms with Crippen LogP contribution in [0.15, 0.2) is 29.2 Å². The second-order valence-electron chi connectivity index (χ2n) is 6.90. The Morgan fingerprint density at radius 3 is 2.31 bits per heavy atom. The molecule has 0 N–H and O–H groups in total. The van der Waals surface area contributed by atoms with Gasteiger partial charge in [-0.3, -0.25) is 4.90 Å². The third-order valence-corrected chi connectivity index (χ3v) is 6.77. The van der Waals surface area contributed by atoms with Crippen LogP contribution in [-0.2, 0) is 19.5 Å². The maximum absolute atomic E-state index is 12.0. The Morgan fingerprint density at radius 1 is 1.12 bits per heavy atom. The minimum Gasteiger partial charge on any atom is -0.492 e. The highest BCUT2D eigenvalue weighted by Crippen LogP contribution is 2.25. The summed E-state index contributed by atoms with van der Waals surface area (Å²) in [5.74, 6) is 1.19. The van der Waals surface area contributed by atoms with Crippen molar-refractivity contribution in [2.75, 3.05) is 53.6 Å². The van der Waals surface area contributed by atoms with Crippen molar-refractivity contribution < 1.29 is 22.6 Å². The fourth-order valence-electron chi connectivity index (χ4n) is 3.31. The van der Waals surface area contributed by atoms with Gasteiger partial charge in [-0.25, -0.2) is 12.7 Å². The second-order valence-corrected chi connectivity index (χ2v) is 9.05. The molecule has 0 bridgehead atoms. The number of sulfonamides is 1. The van der Waals surface area contributed by atoms with Crippen LogP contribution in [0.5, 0.6) is 5.75 Å². The molecule has 0 amide bonds. The Bertz CT molecular complexity index is 663. The van der Waals surface area contributed by atoms with Crippen molar-refractivity contribution >= 4 is 10.0 Å². The first-order valence-corrected chi connectivity index (χ1v) is 10.5. The van der Waals surface area contributed by atoms with Gasteiger partial charge in [-0.1, -0.05) is 0 Å². The van der Waals surface area contributed by atoms with E-state index in [0.717, 1.165) is 32.5 Å². The topological polar surface area (TPSA) is 68.3 Å². The molecule has 7 nitrogen and oxygen atoms in total. The molecule has 0 saturated carbocycles. The van der Waals surface area contributed by atoms with Crippen LogP contribution < -0.4 is 4.74 Å². The quantitative estimate of drug-likeness (QED) is 0.708. The second kappa shape index (κ2) is 8.67. The van der Waals surface area contributed by atoms with Crippen LogP contribution in [0.3, 0.4) is 0 Å². The lowest BCUT2D eigenvalue weighted by molar-refractivity contribution is -0.0976. The van der Waals surface area contributed by atoms with E-state index in [1.165, 1.54) is 18.4 Å². The molecule has 146 valence electrons. The molecule has 0 radical (unpaired) electrons. The molecule has 8 heteroatoms. The van der Waals surface area contributed by atoms with E-state index in [9.17, 15) is 8.42 Å². The largest absolute Gasteiger partial charge is 0.492 e. The van der Waals surface area contributed by atoms with E-state index in [1.807, 2.05) is 0 Å². The van der Waals surface area contributed by atoms with E-state index in [1.54, 1.807) is 24.3 Å². The maximum Gasteiger partial charge on any atom is 0.242 e. The lowest BCUT2D eigenvalue weighted by atomic mass is 9.96. The van der Waals surface area contributed by atoms with Crippen molar-refractivity contribution in [2.24, 2.45) is 5.92 Å². The average molecular weight is 384 g/mol. The molecule has 2 fully saturated rings. The minimum atomic E-state index is -3.39. The van der Waals surface area contributed by atoms with Gasteiger partial charge in [0.1, 0.15) is 12.4 Å². The van der Waals surface area contributed by atoms with Gasteiger partial charge in [0.15, 0.2) is 6.29 Å². The van der Waals surface area contributed by atoms with Crippen LogP contribution in [0.4, 0.5) is 0 Å². The predicted octanol–water partition coefficient (Wildman–Crippen LogP) is 1.40. The molecule has 0 aliphatic carbocycles. The smallest absolute Gasteiger partial charge is 0.242 e. The van der Waals surface area contributed by atoms with Crippen molar-refractivity contribution in [3.63, 3.8) is 0 Å². The number of nitrogens with zero attached hydrogens (tertiary/aromatic N) is 2. The first-order valence-electron chi connectivity index (χ1n) is 9.08. The Morgan fingerprint density at radius 2 is 1.73 bits per heavy atom. The summed E-state index contributed by atoms with van der Waals surface area (Å²) < 4.78 is 42.3. The molecular weight excluding hydrogens is 356 g/mol. The highest BCUT2D eigenvalue weighted by molar-refractivity contribution is 7.89. The molecule has 2 saturated heterocycles. The van der Waals surface area contributed by atoms with Crippen LogP contribution >= 0.6 is 0 Å². The molecule has 0 unspecified atom stereocenters. The molecule has 1 aromatic carbocycles. The first kappa shape index (κ1) is 19.6. The summed E-state index contributed by atoms with van der Waals surface area (Å²) in [5.41, 5.74) is 0. The van der Waals surface area contributed by atoms with E-state index < -0.39 is 10.0 Å². The lowest BCUT2D eigenvalue weighted by Gasteiger charge is -2.33. The third-order valence-electron chi connectivity index (χ3n) is 4.94. The fraction of sp³-hybridized carbons (Fsp3) is 0.667. The molecule has 26 heavy (non-hydrogen) atoms. The normalized spacial score (nSPS) is 20.7. The van der Waals surface area contributed by atoms with E-state index in [4.69, 9.17) is 14.2 Å². The SMILES string of the molecule is CN(C)S(=O)(=O)c1ccc(OCCN2CCC(C3OCCO3)CC2)cc1. The Balaban J connectivity index is 1.40. The van der Waals surface area contributed by atoms with Gasteiger partial charge in [-0.05, 0) is 50.2 Å². The summed E-state index contributed by atoms with van der Waals surface area (Å²) in [5, 5.41) is 0. The molecular formula is C18H28N2O5S. The standard InChI is InChI=1S/C18H28N2O5S/c1-19(2)26(21,22)17-5-3-16(4-6-17)23-12-11-20-9-7-15(8-10-20)18-24-13-14-25-18/h3-6,15,18H,7-14H2,1-2H3. The molecule has 0 aromatic heterocycles. The Kier molecular flexibility index (Phi) is 6.52. The minimum absolute atomic E-state index is 0.00893. The fourth-order valence-corrected chi connectivity index (χ4v) is 4.21. The summed E-state index contributed by atoms with van der Waals surface area (Å²) >= 11 is 0. The summed E-state index contributed by atoms with van der Waals surface area (Å²) in [6.07, 6.45) is 2.16. The molecule has 2 heterocycles. The van der Waals surface area contributed by atoms with Gasteiger partial charge in [0.2, 0.25) is 10.0 Å². The zero-order valence-electron chi connectivity index (χ0n) is 15.5. The monoisotopic (exact) mass is 384 g/mol. The zero-order chi connectivity index (χ0) is 18.6. The van der Waals surface area contributed by atoms with Gasteiger partial charge >= 0.3 is 0 Å². The number of hydrogen-bond donors (Lipinski definition) is 0. The van der Waals surface area contributed by atoms with Crippen molar-refractivity contribution in [2.45, 2.75) is 24.0 Å². The van der Waals surface area contributed by atoms with E-state index >= 15 is 0 Å². The number of ether oxygens (including phenoxy) is 3. The zero-order valence-corrected chi connectivity index (χ0v) is 16.3. The molecule has 3 rings (SSSR count). The van der Waals surface area contributed by atoms with Crippen molar-refractivity contribution in [1.29, 1.82) is 0 Å². The molecule has 0 spiro atoms. The van der Waals surface area contributed by atoms with Crippen LogP contribution in [0, 0.1) is 5.92 Å². The number of hydrogen-bond acceptors (Lipinski definition) is 6. The average Bonchev–Trinajstić information content (AvgIpc) is 3.17. The molecule has 2 aliphatic rings. The number of likely N-dealkylation sites (tertiary alicyclic amines) is 1. The van der Waals surface area contributed by atoms with Gasteiger partial charge in [0.05, 0.1) is 18.1 Å². The third kappa shape index (κ3) is 4.75. The van der Waals surface area contributed by atoms with Crippen LogP contribution in [0.1, 0.15) is 12.8 Å². The van der Waals surface area contributed by atoms with Crippen molar-refractivity contribution in [1.82, 2.24) is 9.21 Å². The molecule has 1 aromatic rings. The van der Waals surface area contributed by atoms with Crippen LogP contribution in [0.2, 0.25) is 0 Å². The summed E-state index contributed by atoms with van der Waals surface area (Å²) in [6.45, 7) is 4.92. The molecule has 2 aliphatic heterocycles. The summed E-state index contributed by atoms with van der Waals surface area (Å²) in [4.78, 5) is 2.66. The van der Waals surface area contributed by atoms with Crippen molar-refractivity contribution in [3.05, 3.63) is 24.3 Å². The molecule has 0 atom stereocenters. The maximum atomic E-state index is 12.0. The van der Waals surface area contributed by atoms with Gasteiger partial charge in [-0.2, -0.15) is 0 Å². The van der Waals surface area contributed by atoms with E-state index in [0.29, 0.717) is 31.5 Å². The lowest BCUT2D eigenvalue weighted by Crippen LogP contribution is -2.39. The van der Waals surface area contributed by atoms with Gasteiger partial charge < -0.3 is 14.2 Å². The number of rotatable bonds is 7. The summed E-state index contributed by atoms with van der Waals surface area (Å²) in [7, 11) is -0.351. The van der Waals surface area contributed by atoms with Gasteiger partial charge in [0.25, 0.3) is 0 Å². The highest BCUT2D eigenvalue weighted by atomic mass is 32.2. The van der Waals surface area contributed by atoms with Gasteiger partial charge in [0, 0.05) is 26.6 Å². The summed E-state index contributed by atoms with van der Waals surface area (Å²) in [6, 6.07) is 6.57. The predicted molar refractivity (Wildman–Crippen MR) is 97.7 cm³/mol. The van der Waals surface area contributed by atoms with E-state index in [-0.39, 0.29) is 11.2 Å². The number of piperidine rings is 1. The first-order chi connectivity index (χ1) is 12.5. The Labute approximate surface area is 155 Å². The van der Waals surface area contributed by atoms with Crippen LogP contribution in [-0.4, -0.2) is 77.5 Å².